The molecule has 3 rings (SSSR count). The Hall–Kier alpha value is -2.16. The van der Waals surface area contributed by atoms with Gasteiger partial charge in [-0.1, -0.05) is 12.1 Å². The predicted octanol–water partition coefficient (Wildman–Crippen LogP) is 2.58. The van der Waals surface area contributed by atoms with Crippen molar-refractivity contribution in [3.63, 3.8) is 0 Å². The van der Waals surface area contributed by atoms with Crippen LogP contribution in [-0.2, 0) is 6.42 Å². The lowest BCUT2D eigenvalue weighted by molar-refractivity contribution is 0.0994. The topological polar surface area (TPSA) is 50.2 Å². The summed E-state index contributed by atoms with van der Waals surface area (Å²) in [6.45, 7) is 0. The van der Waals surface area contributed by atoms with Crippen LogP contribution in [0.3, 0.4) is 0 Å². The molecule has 3 nitrogen and oxygen atoms in total. The third-order valence-corrected chi connectivity index (χ3v) is 3.01. The summed E-state index contributed by atoms with van der Waals surface area (Å²) in [5.74, 6) is 0.399. The fraction of sp³-hybridized carbons (Fsp3) is 0.143. The van der Waals surface area contributed by atoms with Crippen LogP contribution in [0.25, 0.3) is 11.3 Å². The van der Waals surface area contributed by atoms with Crippen LogP contribution in [0.5, 0.6) is 5.75 Å². The van der Waals surface area contributed by atoms with Gasteiger partial charge >= 0.3 is 0 Å². The second-order valence-electron chi connectivity index (χ2n) is 4.16. The van der Waals surface area contributed by atoms with Crippen molar-refractivity contribution in [3.05, 3.63) is 47.7 Å². The third kappa shape index (κ3) is 1.69. The number of aryl methyl sites for hydroxylation is 1. The molecule has 0 fully saturated rings. The number of phenolic OH excluding ortho intramolecular Hbond substituents is 1. The van der Waals surface area contributed by atoms with Gasteiger partial charge in [0.25, 0.3) is 0 Å². The molecule has 0 amide bonds. The third-order valence-electron chi connectivity index (χ3n) is 3.01. The minimum atomic E-state index is 0.176. The number of rotatable bonds is 1. The number of carbonyl (C=O) groups is 1. The van der Waals surface area contributed by atoms with E-state index in [2.05, 4.69) is 4.98 Å². The van der Waals surface area contributed by atoms with Crippen molar-refractivity contribution in [3.8, 4) is 17.0 Å². The monoisotopic (exact) mass is 225 g/mol. The maximum absolute atomic E-state index is 11.5. The summed E-state index contributed by atoms with van der Waals surface area (Å²) in [7, 11) is 0. The number of Topliss-reactive ketones (excluding diaryl/α,β-unsaturated/α-hetero) is 1. The molecule has 1 aromatic carbocycles. The maximum Gasteiger partial charge on any atom is 0.165 e. The summed E-state index contributed by atoms with van der Waals surface area (Å²) in [5.41, 5.74) is 3.28. The number of phenols is 1. The molecular weight excluding hydrogens is 214 g/mol. The van der Waals surface area contributed by atoms with Crippen molar-refractivity contribution in [1.82, 2.24) is 4.98 Å². The van der Waals surface area contributed by atoms with Gasteiger partial charge in [-0.15, -0.1) is 0 Å². The van der Waals surface area contributed by atoms with Gasteiger partial charge in [0.05, 0.1) is 11.4 Å². The summed E-state index contributed by atoms with van der Waals surface area (Å²) in [6, 6.07) is 10.6. The standard InChI is InChI=1S/C14H11NO2/c16-10-3-1-2-9(8-10)12-5-4-11-13(15-12)6-7-14(11)17/h1-5,8,16H,6-7H2. The van der Waals surface area contributed by atoms with Gasteiger partial charge in [0, 0.05) is 17.5 Å². The molecule has 2 aromatic rings. The first-order chi connectivity index (χ1) is 8.24. The van der Waals surface area contributed by atoms with Crippen molar-refractivity contribution < 1.29 is 9.90 Å². The number of nitrogens with zero attached hydrogens (tertiary/aromatic N) is 1. The van der Waals surface area contributed by atoms with Crippen LogP contribution in [0.1, 0.15) is 22.5 Å². The van der Waals surface area contributed by atoms with Gasteiger partial charge in [-0.25, -0.2) is 0 Å². The van der Waals surface area contributed by atoms with E-state index in [9.17, 15) is 9.90 Å². The second-order valence-corrected chi connectivity index (χ2v) is 4.16. The van der Waals surface area contributed by atoms with Crippen LogP contribution in [0.15, 0.2) is 36.4 Å². The molecule has 84 valence electrons. The first-order valence-corrected chi connectivity index (χ1v) is 5.56. The Kier molecular flexibility index (Phi) is 2.18. The highest BCUT2D eigenvalue weighted by atomic mass is 16.3. The molecule has 0 spiro atoms. The van der Waals surface area contributed by atoms with Gasteiger partial charge in [-0.2, -0.15) is 0 Å². The van der Waals surface area contributed by atoms with Gasteiger partial charge < -0.3 is 5.11 Å². The van der Waals surface area contributed by atoms with Gasteiger partial charge in [-0.3, -0.25) is 9.78 Å². The van der Waals surface area contributed by atoms with E-state index in [0.717, 1.165) is 28.9 Å². The zero-order chi connectivity index (χ0) is 11.8. The van der Waals surface area contributed by atoms with Crippen LogP contribution in [0.4, 0.5) is 0 Å². The van der Waals surface area contributed by atoms with Crippen LogP contribution >= 0.6 is 0 Å². The van der Waals surface area contributed by atoms with Crippen molar-refractivity contribution in [2.24, 2.45) is 0 Å². The second kappa shape index (κ2) is 3.70. The first-order valence-electron chi connectivity index (χ1n) is 5.56. The smallest absolute Gasteiger partial charge is 0.165 e. The van der Waals surface area contributed by atoms with Crippen LogP contribution in [-0.4, -0.2) is 15.9 Å². The Bertz CT molecular complexity index is 605. The Morgan fingerprint density at radius 2 is 2.00 bits per heavy atom. The van der Waals surface area contributed by atoms with E-state index in [1.54, 1.807) is 18.2 Å². The fourth-order valence-corrected chi connectivity index (χ4v) is 2.14. The van der Waals surface area contributed by atoms with Crippen LogP contribution in [0, 0.1) is 0 Å². The van der Waals surface area contributed by atoms with E-state index < -0.39 is 0 Å². The Morgan fingerprint density at radius 1 is 1.12 bits per heavy atom. The van der Waals surface area contributed by atoms with E-state index in [1.807, 2.05) is 18.2 Å². The number of benzene rings is 1. The number of ketones is 1. The lowest BCUT2D eigenvalue weighted by Crippen LogP contribution is -1.94. The molecule has 1 heterocycles. The molecule has 17 heavy (non-hydrogen) atoms. The molecule has 0 saturated carbocycles. The molecule has 0 bridgehead atoms. The lowest BCUT2D eigenvalue weighted by atomic mass is 10.1. The zero-order valence-electron chi connectivity index (χ0n) is 9.18. The molecule has 0 aliphatic heterocycles. The predicted molar refractivity (Wildman–Crippen MR) is 64.0 cm³/mol. The fourth-order valence-electron chi connectivity index (χ4n) is 2.14. The van der Waals surface area contributed by atoms with Gasteiger partial charge in [0.1, 0.15) is 5.75 Å². The highest BCUT2D eigenvalue weighted by Gasteiger charge is 2.20. The van der Waals surface area contributed by atoms with Crippen molar-refractivity contribution in [1.29, 1.82) is 0 Å². The number of fused-ring (bicyclic) bond motifs is 1. The lowest BCUT2D eigenvalue weighted by Gasteiger charge is -2.04. The van der Waals surface area contributed by atoms with Crippen molar-refractivity contribution in [2.45, 2.75) is 12.8 Å². The van der Waals surface area contributed by atoms with Crippen LogP contribution < -0.4 is 0 Å². The number of hydrogen-bond donors (Lipinski definition) is 1. The van der Waals surface area contributed by atoms with Crippen molar-refractivity contribution >= 4 is 5.78 Å². The Labute approximate surface area is 98.8 Å². The SMILES string of the molecule is O=C1CCc2nc(-c3cccc(O)c3)ccc21. The zero-order valence-corrected chi connectivity index (χ0v) is 9.18. The largest absolute Gasteiger partial charge is 0.508 e. The molecule has 0 saturated heterocycles. The summed E-state index contributed by atoms with van der Waals surface area (Å²) < 4.78 is 0. The van der Waals surface area contributed by atoms with Gasteiger partial charge in [-0.05, 0) is 30.7 Å². The summed E-state index contributed by atoms with van der Waals surface area (Å²) in [5, 5.41) is 9.43. The minimum Gasteiger partial charge on any atom is -0.508 e. The number of hydrogen-bond acceptors (Lipinski definition) is 3. The number of aromatic nitrogens is 1. The number of aromatic hydroxyl groups is 1. The highest BCUT2D eigenvalue weighted by Crippen LogP contribution is 2.26. The molecule has 1 aromatic heterocycles. The van der Waals surface area contributed by atoms with E-state index in [4.69, 9.17) is 0 Å². The first kappa shape index (κ1) is 10.0. The molecule has 1 N–H and O–H groups in total. The van der Waals surface area contributed by atoms with E-state index >= 15 is 0 Å². The number of pyridine rings is 1. The average molecular weight is 225 g/mol. The quantitative estimate of drug-likeness (QED) is 0.811. The summed E-state index contributed by atoms with van der Waals surface area (Å²) in [6.07, 6.45) is 1.28. The molecule has 3 heteroatoms. The van der Waals surface area contributed by atoms with Gasteiger partial charge in [0.15, 0.2) is 5.78 Å². The Morgan fingerprint density at radius 3 is 2.82 bits per heavy atom. The average Bonchev–Trinajstić information content (AvgIpc) is 2.71. The van der Waals surface area contributed by atoms with E-state index in [0.29, 0.717) is 6.42 Å². The molecule has 0 radical (unpaired) electrons. The Balaban J connectivity index is 2.09. The molecule has 1 aliphatic rings. The number of carbonyl (C=O) groups excluding carboxylic acids is 1. The van der Waals surface area contributed by atoms with Crippen molar-refractivity contribution in [2.75, 3.05) is 0 Å². The maximum atomic E-state index is 11.5. The molecular formula is C14H11NO2. The van der Waals surface area contributed by atoms with E-state index in [1.165, 1.54) is 0 Å². The molecule has 1 aliphatic carbocycles. The highest BCUT2D eigenvalue weighted by molar-refractivity contribution is 6.00. The summed E-state index contributed by atoms with van der Waals surface area (Å²) >= 11 is 0. The van der Waals surface area contributed by atoms with Gasteiger partial charge in [0.2, 0.25) is 0 Å². The van der Waals surface area contributed by atoms with Crippen LogP contribution in [0.2, 0.25) is 0 Å². The van der Waals surface area contributed by atoms with E-state index in [-0.39, 0.29) is 11.5 Å². The summed E-state index contributed by atoms with van der Waals surface area (Å²) in [4.78, 5) is 16.0. The molecule has 0 atom stereocenters. The minimum absolute atomic E-state index is 0.176. The normalized spacial score (nSPS) is 13.8. The molecule has 0 unspecified atom stereocenters.